The van der Waals surface area contributed by atoms with Crippen molar-refractivity contribution in [1.82, 2.24) is 4.98 Å². The lowest BCUT2D eigenvalue weighted by atomic mass is 10.0. The number of aromatic nitrogens is 1. The molecule has 1 N–H and O–H groups in total. The lowest BCUT2D eigenvalue weighted by Crippen LogP contribution is -2.12. The summed E-state index contributed by atoms with van der Waals surface area (Å²) in [7, 11) is 0. The molecule has 0 spiro atoms. The van der Waals surface area contributed by atoms with E-state index in [9.17, 15) is 5.11 Å². The Kier molecular flexibility index (Phi) is 3.06. The van der Waals surface area contributed by atoms with E-state index in [1.807, 2.05) is 13.0 Å². The van der Waals surface area contributed by atoms with E-state index >= 15 is 0 Å². The van der Waals surface area contributed by atoms with Gasteiger partial charge in [-0.05, 0) is 19.1 Å². The Morgan fingerprint density at radius 1 is 1.42 bits per heavy atom. The SMILES string of the molecule is CC(O)C(C)c1ccc(Cl)cn1. The van der Waals surface area contributed by atoms with E-state index in [1.165, 1.54) is 0 Å². The zero-order valence-corrected chi connectivity index (χ0v) is 7.92. The van der Waals surface area contributed by atoms with Gasteiger partial charge in [-0.25, -0.2) is 0 Å². The summed E-state index contributed by atoms with van der Waals surface area (Å²) in [5.41, 5.74) is 0.870. The molecule has 12 heavy (non-hydrogen) atoms. The summed E-state index contributed by atoms with van der Waals surface area (Å²) in [4.78, 5) is 4.11. The lowest BCUT2D eigenvalue weighted by molar-refractivity contribution is 0.167. The first-order valence-corrected chi connectivity index (χ1v) is 4.28. The monoisotopic (exact) mass is 185 g/mol. The van der Waals surface area contributed by atoms with Crippen LogP contribution in [-0.2, 0) is 0 Å². The summed E-state index contributed by atoms with van der Waals surface area (Å²) in [5.74, 6) is 0.0577. The van der Waals surface area contributed by atoms with Gasteiger partial charge in [0.05, 0.1) is 11.1 Å². The molecule has 0 aliphatic heterocycles. The van der Waals surface area contributed by atoms with Crippen molar-refractivity contribution in [3.8, 4) is 0 Å². The molecule has 1 rings (SSSR count). The van der Waals surface area contributed by atoms with E-state index in [-0.39, 0.29) is 12.0 Å². The van der Waals surface area contributed by atoms with E-state index in [0.717, 1.165) is 5.69 Å². The predicted octanol–water partition coefficient (Wildman–Crippen LogP) is 2.22. The molecular weight excluding hydrogens is 174 g/mol. The number of hydrogen-bond donors (Lipinski definition) is 1. The van der Waals surface area contributed by atoms with Gasteiger partial charge in [0.15, 0.2) is 0 Å². The smallest absolute Gasteiger partial charge is 0.0593 e. The largest absolute Gasteiger partial charge is 0.393 e. The van der Waals surface area contributed by atoms with Crippen molar-refractivity contribution in [2.45, 2.75) is 25.9 Å². The van der Waals surface area contributed by atoms with Crippen molar-refractivity contribution >= 4 is 11.6 Å². The van der Waals surface area contributed by atoms with Gasteiger partial charge in [0.2, 0.25) is 0 Å². The maximum Gasteiger partial charge on any atom is 0.0593 e. The minimum absolute atomic E-state index is 0.0577. The number of rotatable bonds is 2. The molecule has 0 saturated carbocycles. The Hall–Kier alpha value is -0.600. The van der Waals surface area contributed by atoms with Crippen LogP contribution in [0.3, 0.4) is 0 Å². The zero-order chi connectivity index (χ0) is 9.14. The van der Waals surface area contributed by atoms with Gasteiger partial charge in [0.1, 0.15) is 0 Å². The zero-order valence-electron chi connectivity index (χ0n) is 7.16. The van der Waals surface area contributed by atoms with Crippen LogP contribution in [0.5, 0.6) is 0 Å². The number of nitrogens with zero attached hydrogens (tertiary/aromatic N) is 1. The standard InChI is InChI=1S/C9H12ClNO/c1-6(7(2)12)9-4-3-8(10)5-11-9/h3-7,12H,1-2H3. The van der Waals surface area contributed by atoms with Gasteiger partial charge in [-0.3, -0.25) is 4.98 Å². The maximum atomic E-state index is 9.27. The van der Waals surface area contributed by atoms with Crippen LogP contribution < -0.4 is 0 Å². The number of hydrogen-bond acceptors (Lipinski definition) is 2. The molecule has 3 heteroatoms. The summed E-state index contributed by atoms with van der Waals surface area (Å²) >= 11 is 5.67. The highest BCUT2D eigenvalue weighted by Gasteiger charge is 2.11. The highest BCUT2D eigenvalue weighted by molar-refractivity contribution is 6.30. The van der Waals surface area contributed by atoms with Crippen molar-refractivity contribution in [2.75, 3.05) is 0 Å². The molecule has 1 aromatic heterocycles. The summed E-state index contributed by atoms with van der Waals surface area (Å²) in [5, 5.41) is 9.89. The van der Waals surface area contributed by atoms with E-state index in [0.29, 0.717) is 5.02 Å². The van der Waals surface area contributed by atoms with Crippen LogP contribution in [0.15, 0.2) is 18.3 Å². The van der Waals surface area contributed by atoms with Gasteiger partial charge in [0, 0.05) is 17.8 Å². The molecule has 2 unspecified atom stereocenters. The molecule has 0 amide bonds. The average Bonchev–Trinajstić information content (AvgIpc) is 2.04. The number of pyridine rings is 1. The quantitative estimate of drug-likeness (QED) is 0.767. The maximum absolute atomic E-state index is 9.27. The van der Waals surface area contributed by atoms with Crippen molar-refractivity contribution in [3.05, 3.63) is 29.0 Å². The first kappa shape index (κ1) is 9.49. The Labute approximate surface area is 77.2 Å². The molecule has 0 aliphatic carbocycles. The Morgan fingerprint density at radius 3 is 2.50 bits per heavy atom. The summed E-state index contributed by atoms with van der Waals surface area (Å²) in [6.45, 7) is 3.68. The third kappa shape index (κ3) is 2.19. The van der Waals surface area contributed by atoms with Crippen LogP contribution in [0.25, 0.3) is 0 Å². The van der Waals surface area contributed by atoms with E-state index in [2.05, 4.69) is 4.98 Å². The third-order valence-electron chi connectivity index (χ3n) is 1.94. The molecule has 1 aromatic rings. The molecule has 2 nitrogen and oxygen atoms in total. The minimum atomic E-state index is -0.376. The Morgan fingerprint density at radius 2 is 2.08 bits per heavy atom. The first-order valence-electron chi connectivity index (χ1n) is 3.91. The van der Waals surface area contributed by atoms with Crippen LogP contribution in [0, 0.1) is 0 Å². The molecule has 1 heterocycles. The van der Waals surface area contributed by atoms with Crippen molar-refractivity contribution in [3.63, 3.8) is 0 Å². The molecule has 0 fully saturated rings. The van der Waals surface area contributed by atoms with Crippen LogP contribution in [0.2, 0.25) is 5.02 Å². The molecule has 2 atom stereocenters. The summed E-state index contributed by atoms with van der Waals surface area (Å²) in [6, 6.07) is 3.61. The highest BCUT2D eigenvalue weighted by Crippen LogP contribution is 2.17. The van der Waals surface area contributed by atoms with Crippen LogP contribution in [0.1, 0.15) is 25.5 Å². The fourth-order valence-corrected chi connectivity index (χ4v) is 1.02. The summed E-state index contributed by atoms with van der Waals surface area (Å²) < 4.78 is 0. The van der Waals surface area contributed by atoms with Crippen molar-refractivity contribution in [1.29, 1.82) is 0 Å². The van der Waals surface area contributed by atoms with Crippen molar-refractivity contribution in [2.24, 2.45) is 0 Å². The van der Waals surface area contributed by atoms with Gasteiger partial charge in [-0.2, -0.15) is 0 Å². The van der Waals surface area contributed by atoms with Gasteiger partial charge in [-0.1, -0.05) is 18.5 Å². The van der Waals surface area contributed by atoms with Gasteiger partial charge in [0.25, 0.3) is 0 Å². The molecule has 0 bridgehead atoms. The molecule has 0 aromatic carbocycles. The molecule has 0 aliphatic rings. The number of halogens is 1. The van der Waals surface area contributed by atoms with E-state index in [1.54, 1.807) is 19.2 Å². The first-order chi connectivity index (χ1) is 5.61. The summed E-state index contributed by atoms with van der Waals surface area (Å²) in [6.07, 6.45) is 1.22. The molecule has 66 valence electrons. The third-order valence-corrected chi connectivity index (χ3v) is 2.16. The second kappa shape index (κ2) is 3.87. The van der Waals surface area contributed by atoms with Crippen LogP contribution in [-0.4, -0.2) is 16.2 Å². The molecule has 0 saturated heterocycles. The topological polar surface area (TPSA) is 33.1 Å². The van der Waals surface area contributed by atoms with Gasteiger partial charge in [-0.15, -0.1) is 0 Å². The predicted molar refractivity (Wildman–Crippen MR) is 49.3 cm³/mol. The van der Waals surface area contributed by atoms with E-state index < -0.39 is 0 Å². The minimum Gasteiger partial charge on any atom is -0.393 e. The lowest BCUT2D eigenvalue weighted by Gasteiger charge is -2.13. The normalized spacial score (nSPS) is 15.7. The van der Waals surface area contributed by atoms with Gasteiger partial charge >= 0.3 is 0 Å². The van der Waals surface area contributed by atoms with Crippen molar-refractivity contribution < 1.29 is 5.11 Å². The number of aliphatic hydroxyl groups is 1. The second-order valence-electron chi connectivity index (χ2n) is 2.93. The second-order valence-corrected chi connectivity index (χ2v) is 3.37. The number of aliphatic hydroxyl groups excluding tert-OH is 1. The van der Waals surface area contributed by atoms with Crippen LogP contribution in [0.4, 0.5) is 0 Å². The Balaban J connectivity index is 2.82. The van der Waals surface area contributed by atoms with Crippen LogP contribution >= 0.6 is 11.6 Å². The fraction of sp³-hybridized carbons (Fsp3) is 0.444. The van der Waals surface area contributed by atoms with Gasteiger partial charge < -0.3 is 5.11 Å². The Bertz CT molecular complexity index is 245. The highest BCUT2D eigenvalue weighted by atomic mass is 35.5. The van der Waals surface area contributed by atoms with E-state index in [4.69, 9.17) is 11.6 Å². The molecule has 0 radical (unpaired) electrons. The average molecular weight is 186 g/mol. The fourth-order valence-electron chi connectivity index (χ4n) is 0.904. The molecular formula is C9H12ClNO.